The van der Waals surface area contributed by atoms with Gasteiger partial charge < -0.3 is 20.2 Å². The van der Waals surface area contributed by atoms with Gasteiger partial charge in [-0.2, -0.15) is 0 Å². The molecule has 2 N–H and O–H groups in total. The first-order valence-corrected chi connectivity index (χ1v) is 9.72. The Morgan fingerprint density at radius 3 is 2.41 bits per heavy atom. The smallest absolute Gasteiger partial charge is 0.339 e. The number of nitrogens with one attached hydrogen (secondary N) is 2. The molecule has 0 saturated heterocycles. The summed E-state index contributed by atoms with van der Waals surface area (Å²) in [6.45, 7) is 9.03. The summed E-state index contributed by atoms with van der Waals surface area (Å²) in [6.07, 6.45) is 3.13. The summed E-state index contributed by atoms with van der Waals surface area (Å²) in [4.78, 5) is 25.6. The van der Waals surface area contributed by atoms with Crippen molar-refractivity contribution in [3.8, 4) is 0 Å². The monoisotopic (exact) mass is 405 g/mol. The Balaban J connectivity index is 0.000000526. The fraction of sp³-hybridized carbons (Fsp3) is 0.409. The zero-order valence-electron chi connectivity index (χ0n) is 17.9. The van der Waals surface area contributed by atoms with Crippen LogP contribution in [-0.2, 0) is 16.0 Å². The van der Waals surface area contributed by atoms with E-state index in [4.69, 9.17) is 4.74 Å². The third kappa shape index (κ3) is 10.9. The molecule has 160 valence electrons. The molecule has 0 aliphatic carbocycles. The highest BCUT2D eigenvalue weighted by atomic mass is 19.1. The SMILES string of the molecule is CC.CCOC(=O)c1cnc(NCC=O)c(C)c1.CNCCc1ccc(F)cc1. The number of rotatable bonds is 8. The van der Waals surface area contributed by atoms with Crippen LogP contribution in [0.5, 0.6) is 0 Å². The number of hydrogen-bond donors (Lipinski definition) is 2. The van der Waals surface area contributed by atoms with Crippen molar-refractivity contribution >= 4 is 18.1 Å². The summed E-state index contributed by atoms with van der Waals surface area (Å²) in [5.41, 5.74) is 2.38. The lowest BCUT2D eigenvalue weighted by Crippen LogP contribution is -2.10. The van der Waals surface area contributed by atoms with E-state index in [2.05, 4.69) is 15.6 Å². The highest BCUT2D eigenvalue weighted by Gasteiger charge is 2.09. The van der Waals surface area contributed by atoms with Gasteiger partial charge in [-0.1, -0.05) is 26.0 Å². The van der Waals surface area contributed by atoms with Gasteiger partial charge in [0.2, 0.25) is 0 Å². The first kappa shape index (κ1) is 26.2. The lowest BCUT2D eigenvalue weighted by Gasteiger charge is -2.07. The van der Waals surface area contributed by atoms with Crippen molar-refractivity contribution in [2.45, 2.75) is 34.1 Å². The molecule has 6 nitrogen and oxygen atoms in total. The van der Waals surface area contributed by atoms with Gasteiger partial charge in [0, 0.05) is 6.20 Å². The van der Waals surface area contributed by atoms with E-state index in [9.17, 15) is 14.0 Å². The molecule has 1 heterocycles. The number of esters is 1. The van der Waals surface area contributed by atoms with Crippen LogP contribution in [0.3, 0.4) is 0 Å². The maximum absolute atomic E-state index is 12.4. The molecular weight excluding hydrogens is 373 g/mol. The number of aromatic nitrogens is 1. The summed E-state index contributed by atoms with van der Waals surface area (Å²) in [6, 6.07) is 8.29. The van der Waals surface area contributed by atoms with E-state index in [-0.39, 0.29) is 18.3 Å². The van der Waals surface area contributed by atoms with Gasteiger partial charge in [-0.3, -0.25) is 0 Å². The number of benzene rings is 1. The van der Waals surface area contributed by atoms with Crippen LogP contribution < -0.4 is 10.6 Å². The zero-order chi connectivity index (χ0) is 22.1. The van der Waals surface area contributed by atoms with Gasteiger partial charge in [-0.05, 0) is 63.2 Å². The molecule has 7 heteroatoms. The zero-order valence-corrected chi connectivity index (χ0v) is 17.9. The number of anilines is 1. The van der Waals surface area contributed by atoms with Gasteiger partial charge in [-0.25, -0.2) is 14.2 Å². The first-order chi connectivity index (χ1) is 14.0. The van der Waals surface area contributed by atoms with E-state index >= 15 is 0 Å². The van der Waals surface area contributed by atoms with E-state index in [1.54, 1.807) is 13.0 Å². The maximum Gasteiger partial charge on any atom is 0.339 e. The van der Waals surface area contributed by atoms with Crippen molar-refractivity contribution in [1.29, 1.82) is 0 Å². The van der Waals surface area contributed by atoms with Crippen LogP contribution in [0.15, 0.2) is 36.5 Å². The van der Waals surface area contributed by atoms with Crippen LogP contribution in [0.25, 0.3) is 0 Å². The molecule has 1 aromatic carbocycles. The van der Waals surface area contributed by atoms with Gasteiger partial charge in [0.1, 0.15) is 17.9 Å². The Morgan fingerprint density at radius 2 is 1.90 bits per heavy atom. The predicted molar refractivity (Wildman–Crippen MR) is 115 cm³/mol. The quantitative estimate of drug-likeness (QED) is 0.514. The van der Waals surface area contributed by atoms with Gasteiger partial charge in [0.05, 0.1) is 18.7 Å². The van der Waals surface area contributed by atoms with E-state index in [1.165, 1.54) is 23.9 Å². The van der Waals surface area contributed by atoms with Crippen LogP contribution in [-0.4, -0.2) is 44.0 Å². The predicted octanol–water partition coefficient (Wildman–Crippen LogP) is 3.79. The fourth-order valence-corrected chi connectivity index (χ4v) is 2.14. The second kappa shape index (κ2) is 16.2. The Labute approximate surface area is 172 Å². The van der Waals surface area contributed by atoms with Gasteiger partial charge in [0.25, 0.3) is 0 Å². The minimum Gasteiger partial charge on any atom is -0.462 e. The summed E-state index contributed by atoms with van der Waals surface area (Å²) in [7, 11) is 1.91. The van der Waals surface area contributed by atoms with Crippen molar-refractivity contribution in [3.63, 3.8) is 0 Å². The molecule has 0 radical (unpaired) electrons. The molecule has 0 atom stereocenters. The molecule has 0 amide bonds. The minimum absolute atomic E-state index is 0.168. The summed E-state index contributed by atoms with van der Waals surface area (Å²) >= 11 is 0. The van der Waals surface area contributed by atoms with Gasteiger partial charge in [0.15, 0.2) is 0 Å². The molecular formula is C22H32FN3O3. The van der Waals surface area contributed by atoms with Crippen LogP contribution in [0, 0.1) is 12.7 Å². The summed E-state index contributed by atoms with van der Waals surface area (Å²) < 4.78 is 17.2. The number of hydrogen-bond acceptors (Lipinski definition) is 6. The second-order valence-electron chi connectivity index (χ2n) is 5.64. The number of aldehydes is 1. The second-order valence-corrected chi connectivity index (χ2v) is 5.64. The number of halogens is 1. The number of nitrogens with zero attached hydrogens (tertiary/aromatic N) is 1. The molecule has 0 saturated carbocycles. The van der Waals surface area contributed by atoms with Crippen LogP contribution in [0.1, 0.15) is 42.3 Å². The number of ether oxygens (including phenoxy) is 1. The minimum atomic E-state index is -0.389. The Hall–Kier alpha value is -2.80. The number of pyridine rings is 1. The lowest BCUT2D eigenvalue weighted by molar-refractivity contribution is -0.106. The van der Waals surface area contributed by atoms with Crippen molar-refractivity contribution in [1.82, 2.24) is 10.3 Å². The third-order valence-electron chi connectivity index (χ3n) is 3.52. The van der Waals surface area contributed by atoms with E-state index in [1.807, 2.05) is 40.0 Å². The van der Waals surface area contributed by atoms with E-state index < -0.39 is 0 Å². The van der Waals surface area contributed by atoms with Crippen LogP contribution in [0.2, 0.25) is 0 Å². The molecule has 0 aliphatic rings. The molecule has 1 aromatic heterocycles. The molecule has 2 aromatic rings. The normalized spacial score (nSPS) is 9.31. The van der Waals surface area contributed by atoms with E-state index in [0.29, 0.717) is 18.0 Å². The number of aryl methyl sites for hydroxylation is 1. The van der Waals surface area contributed by atoms with Crippen molar-refractivity contribution in [2.24, 2.45) is 0 Å². The summed E-state index contributed by atoms with van der Waals surface area (Å²) in [5.74, 6) is 0.0402. The van der Waals surface area contributed by atoms with Crippen LogP contribution in [0.4, 0.5) is 10.2 Å². The fourth-order valence-electron chi connectivity index (χ4n) is 2.14. The highest BCUT2D eigenvalue weighted by molar-refractivity contribution is 5.89. The molecule has 0 aliphatic heterocycles. The van der Waals surface area contributed by atoms with Gasteiger partial charge >= 0.3 is 5.97 Å². The van der Waals surface area contributed by atoms with Crippen molar-refractivity contribution in [2.75, 3.05) is 32.1 Å². The molecule has 2 rings (SSSR count). The molecule has 0 spiro atoms. The maximum atomic E-state index is 12.4. The molecule has 0 bridgehead atoms. The largest absolute Gasteiger partial charge is 0.462 e. The average Bonchev–Trinajstić information content (AvgIpc) is 2.74. The third-order valence-corrected chi connectivity index (χ3v) is 3.52. The van der Waals surface area contributed by atoms with Gasteiger partial charge in [-0.15, -0.1) is 0 Å². The topological polar surface area (TPSA) is 80.3 Å². The number of likely N-dealkylation sites (N-methyl/N-ethyl adjacent to an activating group) is 1. The number of carbonyl (C=O) groups is 2. The molecule has 0 fully saturated rings. The summed E-state index contributed by atoms with van der Waals surface area (Å²) in [5, 5.41) is 5.87. The standard InChI is InChI=1S/C11H14N2O3.C9H12FN.C2H6/c1-3-16-11(15)9-6-8(2)10(13-7-9)12-4-5-14;1-11-7-6-8-2-4-9(10)5-3-8;1-2/h5-7H,3-4H2,1-2H3,(H,12,13);2-5,11H,6-7H2,1H3;1-2H3. The van der Waals surface area contributed by atoms with Crippen molar-refractivity contribution < 1.29 is 18.7 Å². The Morgan fingerprint density at radius 1 is 1.24 bits per heavy atom. The van der Waals surface area contributed by atoms with Crippen LogP contribution >= 0.6 is 0 Å². The molecule has 0 unspecified atom stereocenters. The van der Waals surface area contributed by atoms with Crippen molar-refractivity contribution in [3.05, 3.63) is 59.0 Å². The Bertz CT molecular complexity index is 722. The Kier molecular flexibility index (Phi) is 14.6. The average molecular weight is 406 g/mol. The highest BCUT2D eigenvalue weighted by Crippen LogP contribution is 2.13. The first-order valence-electron chi connectivity index (χ1n) is 9.72. The molecule has 29 heavy (non-hydrogen) atoms. The number of carbonyl (C=O) groups excluding carboxylic acids is 2. The lowest BCUT2D eigenvalue weighted by atomic mass is 10.1. The van der Waals surface area contributed by atoms with E-state index in [0.717, 1.165) is 24.8 Å².